The molecule has 21 heteroatoms. The maximum absolute atomic E-state index is 15.0. The van der Waals surface area contributed by atoms with E-state index in [0.29, 0.717) is 98.0 Å². The van der Waals surface area contributed by atoms with E-state index in [1.807, 2.05) is 56.0 Å². The summed E-state index contributed by atoms with van der Waals surface area (Å²) in [5, 5.41) is 21.4. The van der Waals surface area contributed by atoms with Crippen molar-refractivity contribution in [3.63, 3.8) is 0 Å². The molecule has 3 saturated heterocycles. The van der Waals surface area contributed by atoms with Crippen LogP contribution in [-0.2, 0) is 69.2 Å². The molecule has 6 atom stereocenters. The molecule has 10 rings (SSSR count). The molecule has 3 aromatic heterocycles. The number of phenolic OH excluding ortho intramolecular Hbond substituents is 1. The number of aromatic hydroxyl groups is 1. The van der Waals surface area contributed by atoms with Crippen molar-refractivity contribution in [2.75, 3.05) is 64.2 Å². The second kappa shape index (κ2) is 24.2. The molecule has 6 bridgehead atoms. The first kappa shape index (κ1) is 59.0. The highest BCUT2D eigenvalue weighted by atomic mass is 32.2. The number of methoxy groups -OCH3 is 1. The molecule has 3 fully saturated rings. The fourth-order valence-electron chi connectivity index (χ4n) is 12.3. The van der Waals surface area contributed by atoms with Gasteiger partial charge in [0.2, 0.25) is 5.91 Å². The van der Waals surface area contributed by atoms with Crippen LogP contribution in [0.2, 0.25) is 0 Å². The van der Waals surface area contributed by atoms with E-state index in [0.717, 1.165) is 38.9 Å². The lowest BCUT2D eigenvalue weighted by Gasteiger charge is -2.37. The molecule has 3 amide bonds. The third kappa shape index (κ3) is 12.7. The number of likely N-dealkylation sites (N-methyl/N-ethyl adjacent to an activating group) is 1. The van der Waals surface area contributed by atoms with E-state index in [9.17, 15) is 32.7 Å². The lowest BCUT2D eigenvalue weighted by Crippen LogP contribution is -2.62. The van der Waals surface area contributed by atoms with Gasteiger partial charge in [-0.05, 0) is 116 Å². The number of rotatable bonds is 13. The van der Waals surface area contributed by atoms with Crippen LogP contribution in [0.15, 0.2) is 83.5 Å². The Morgan fingerprint density at radius 1 is 0.976 bits per heavy atom. The third-order valence-electron chi connectivity index (χ3n) is 16.8. The van der Waals surface area contributed by atoms with Crippen molar-refractivity contribution in [3.05, 3.63) is 107 Å². The molecule has 7 heterocycles. The molecule has 4 aliphatic rings. The minimum atomic E-state index is -3.06. The number of hydrogen-bond donors (Lipinski definition) is 4. The molecule has 0 spiro atoms. The highest BCUT2D eigenvalue weighted by Gasteiger charge is 2.43. The Morgan fingerprint density at radius 3 is 2.46 bits per heavy atom. The summed E-state index contributed by atoms with van der Waals surface area (Å²) < 4.78 is 50.7. The fraction of sp³-hybridized carbons (Fsp3) is 0.484. The third-order valence-corrected chi connectivity index (χ3v) is 18.4. The molecular weight excluding hydrogens is 1080 g/mol. The zero-order chi connectivity index (χ0) is 59.1. The van der Waals surface area contributed by atoms with Crippen LogP contribution in [0.4, 0.5) is 5.69 Å². The minimum Gasteiger partial charge on any atom is -0.508 e. The van der Waals surface area contributed by atoms with Gasteiger partial charge in [0, 0.05) is 105 Å². The largest absolute Gasteiger partial charge is 0.508 e. The molecule has 3 aromatic carbocycles. The molecule has 0 radical (unpaired) electrons. The quantitative estimate of drug-likeness (QED) is 0.0672. The van der Waals surface area contributed by atoms with Gasteiger partial charge in [-0.3, -0.25) is 34.1 Å². The molecular formula is C62H77N9O11S. The van der Waals surface area contributed by atoms with Gasteiger partial charge in [0.25, 0.3) is 11.8 Å². The Labute approximate surface area is 484 Å². The number of cyclic esters (lactones) is 1. The summed E-state index contributed by atoms with van der Waals surface area (Å²) >= 11 is 0. The maximum Gasteiger partial charge on any atom is 0.324 e. The average Bonchev–Trinajstić information content (AvgIpc) is 3.02. The molecule has 20 nitrogen and oxygen atoms in total. The number of aromatic nitrogens is 3. The van der Waals surface area contributed by atoms with Crippen LogP contribution in [0.1, 0.15) is 101 Å². The maximum atomic E-state index is 15.0. The van der Waals surface area contributed by atoms with E-state index < -0.39 is 63.4 Å². The number of ether oxygens (including phenoxy) is 3. The van der Waals surface area contributed by atoms with Gasteiger partial charge in [0.05, 0.1) is 42.1 Å². The highest BCUT2D eigenvalue weighted by Crippen LogP contribution is 2.44. The Balaban J connectivity index is 1.03. The number of carbonyl (C=O) groups is 4. The second-order valence-electron chi connectivity index (χ2n) is 23.9. The van der Waals surface area contributed by atoms with Crippen molar-refractivity contribution in [2.45, 2.75) is 123 Å². The van der Waals surface area contributed by atoms with Crippen LogP contribution in [-0.4, -0.2) is 149 Å². The van der Waals surface area contributed by atoms with E-state index >= 15 is 0 Å². The zero-order valence-corrected chi connectivity index (χ0v) is 49.5. The number of aryl methyl sites for hydroxylation is 1. The first-order valence-electron chi connectivity index (χ1n) is 28.8. The van der Waals surface area contributed by atoms with Crippen LogP contribution in [0, 0.1) is 11.3 Å². The number of carbonyl (C=O) groups excluding carboxylic acids is 4. The van der Waals surface area contributed by atoms with Gasteiger partial charge in [-0.1, -0.05) is 57.1 Å². The number of esters is 1. The van der Waals surface area contributed by atoms with E-state index in [1.165, 1.54) is 9.91 Å². The minimum absolute atomic E-state index is 0.0320. The summed E-state index contributed by atoms with van der Waals surface area (Å²) in [5.41, 5.74) is 17.5. The number of anilines is 1. The van der Waals surface area contributed by atoms with Gasteiger partial charge < -0.3 is 44.4 Å². The summed E-state index contributed by atoms with van der Waals surface area (Å²) in [6.07, 6.45) is 2.35. The summed E-state index contributed by atoms with van der Waals surface area (Å²) in [6, 6.07) is 19.5. The summed E-state index contributed by atoms with van der Waals surface area (Å²) in [5.74, 6) is -1.83. The van der Waals surface area contributed by atoms with Crippen LogP contribution in [0.25, 0.3) is 44.5 Å². The van der Waals surface area contributed by atoms with Gasteiger partial charge in [-0.25, -0.2) is 13.8 Å². The summed E-state index contributed by atoms with van der Waals surface area (Å²) in [4.78, 5) is 67.1. The lowest BCUT2D eigenvalue weighted by molar-refractivity contribution is -0.155. The van der Waals surface area contributed by atoms with Gasteiger partial charge >= 0.3 is 5.97 Å². The van der Waals surface area contributed by atoms with Gasteiger partial charge in [-0.2, -0.15) is 0 Å². The number of fused-ring (bicyclic) bond motifs is 6. The smallest absolute Gasteiger partial charge is 0.324 e. The monoisotopic (exact) mass is 1160 g/mol. The summed E-state index contributed by atoms with van der Waals surface area (Å²) in [7, 11) is 0.173. The molecule has 5 N–H and O–H groups in total. The molecule has 83 heavy (non-hydrogen) atoms. The van der Waals surface area contributed by atoms with Crippen molar-refractivity contribution >= 4 is 50.1 Å². The van der Waals surface area contributed by atoms with Gasteiger partial charge in [0.15, 0.2) is 15.6 Å². The van der Waals surface area contributed by atoms with E-state index in [4.69, 9.17) is 29.5 Å². The van der Waals surface area contributed by atoms with Crippen LogP contribution in [0.5, 0.6) is 5.75 Å². The fourth-order valence-corrected chi connectivity index (χ4v) is 13.6. The number of nitrogens with one attached hydrogen (secondary N) is 2. The van der Waals surface area contributed by atoms with Crippen molar-refractivity contribution in [1.29, 1.82) is 0 Å². The zero-order valence-electron chi connectivity index (χ0n) is 48.6. The van der Waals surface area contributed by atoms with Crippen LogP contribution >= 0.6 is 0 Å². The van der Waals surface area contributed by atoms with Crippen molar-refractivity contribution in [2.24, 2.45) is 11.3 Å². The average molecular weight is 1160 g/mol. The normalized spacial score (nSPS) is 22.0. The van der Waals surface area contributed by atoms with Crippen molar-refractivity contribution in [3.8, 4) is 39.4 Å². The SMILES string of the molecule is CCn1c(-c2cc(-c3cc(CN4CCS(=O)(=O)CC4)on3)cnc2C(C)OC)c2c3cc(ccc31)-c1cc(O)cc(c1)CC(NC(=O)C(C(C)C)N(C)C(=O)C1OCCC1c1ccc(N)cc1)C(=O)N1CCCC(N1)C(=O)OCC(C)(C)C2. The van der Waals surface area contributed by atoms with Crippen LogP contribution in [0.3, 0.4) is 0 Å². The Kier molecular flexibility index (Phi) is 17.2. The second-order valence-corrected chi connectivity index (χ2v) is 26.2. The van der Waals surface area contributed by atoms with E-state index in [-0.39, 0.29) is 54.6 Å². The van der Waals surface area contributed by atoms with Gasteiger partial charge in [0.1, 0.15) is 35.7 Å². The number of amides is 3. The van der Waals surface area contributed by atoms with Crippen LogP contribution < -0.4 is 16.5 Å². The Morgan fingerprint density at radius 2 is 1.73 bits per heavy atom. The Hall–Kier alpha value is -7.17. The topological polar surface area (TPSA) is 254 Å². The predicted molar refractivity (Wildman–Crippen MR) is 314 cm³/mol. The highest BCUT2D eigenvalue weighted by molar-refractivity contribution is 7.91. The van der Waals surface area contributed by atoms with Crippen molar-refractivity contribution < 1.29 is 51.4 Å². The first-order valence-corrected chi connectivity index (χ1v) is 30.6. The standard InChI is InChI=1S/C62H77N9O11S/c1-9-70-53-17-14-40-29-47(53)49(56(70)48-30-42(33-64-54(48)37(4)79-8)51-31-45(82-67-51)34-69-20-23-83(77,78)24-21-69)32-62(5,6)35-81-61(76)50-11-10-19-71(66-50)59(74)52(27-38-25-41(40)28-44(72)26-38)65-58(73)55(36(2)3)68(7)60(75)57-46(18-22-80-57)39-12-15-43(63)16-13-39/h12-17,25-26,28-31,33,36-37,46,50,52,55,57,66,72H,9-11,18-24,27,32,34-35,63H2,1-8H3,(H,65,73). The molecule has 4 aliphatic heterocycles. The number of sulfone groups is 1. The van der Waals surface area contributed by atoms with E-state index in [1.54, 1.807) is 44.6 Å². The Bertz CT molecular complexity index is 3510. The number of phenols is 1. The molecule has 0 aliphatic carbocycles. The molecule has 6 unspecified atom stereocenters. The number of hydrazine groups is 1. The number of nitrogens with zero attached hydrogens (tertiary/aromatic N) is 6. The molecule has 6 aromatic rings. The molecule has 0 saturated carbocycles. The van der Waals surface area contributed by atoms with Gasteiger partial charge in [-0.15, -0.1) is 0 Å². The predicted octanol–water partition coefficient (Wildman–Crippen LogP) is 6.97. The van der Waals surface area contributed by atoms with Crippen molar-refractivity contribution in [1.82, 2.24) is 40.3 Å². The number of nitrogens with two attached hydrogens (primary N) is 1. The molecule has 442 valence electrons. The number of benzene rings is 3. The number of nitrogen functional groups attached to an aromatic ring is 1. The summed E-state index contributed by atoms with van der Waals surface area (Å²) in [6.45, 7) is 14.3. The lowest BCUT2D eigenvalue weighted by atomic mass is 9.84. The number of hydrogen-bond acceptors (Lipinski definition) is 16. The first-order chi connectivity index (χ1) is 39.6. The van der Waals surface area contributed by atoms with E-state index in [2.05, 4.69) is 59.4 Å². The number of pyridine rings is 1.